The second kappa shape index (κ2) is 7.28. The third-order valence-corrected chi connectivity index (χ3v) is 3.73. The van der Waals surface area contributed by atoms with Crippen molar-refractivity contribution in [2.45, 2.75) is 13.8 Å². The van der Waals surface area contributed by atoms with E-state index >= 15 is 0 Å². The summed E-state index contributed by atoms with van der Waals surface area (Å²) in [5.41, 5.74) is 2.72. The molecule has 23 heavy (non-hydrogen) atoms. The lowest BCUT2D eigenvalue weighted by molar-refractivity contribution is -0.118. The van der Waals surface area contributed by atoms with Crippen molar-refractivity contribution in [3.05, 3.63) is 57.6 Å². The number of anilines is 1. The lowest BCUT2D eigenvalue weighted by Gasteiger charge is -2.12. The Kier molecular flexibility index (Phi) is 5.39. The average molecular weight is 378 g/mol. The average Bonchev–Trinajstić information content (AvgIpc) is 2.46. The molecule has 2 aromatic carbocycles. The Morgan fingerprint density at radius 3 is 2.39 bits per heavy atom. The minimum atomic E-state index is -1.01. The maximum absolute atomic E-state index is 11.9. The third-order valence-electron chi connectivity index (χ3n) is 3.14. The van der Waals surface area contributed by atoms with Gasteiger partial charge in [0.25, 0.3) is 5.91 Å². The summed E-state index contributed by atoms with van der Waals surface area (Å²) in [5, 5.41) is 11.5. The highest BCUT2D eigenvalue weighted by molar-refractivity contribution is 9.10. The number of carbonyl (C=O) groups is 2. The van der Waals surface area contributed by atoms with Gasteiger partial charge in [-0.25, -0.2) is 4.79 Å². The fourth-order valence-electron chi connectivity index (χ4n) is 2.12. The summed E-state index contributed by atoms with van der Waals surface area (Å²) < 4.78 is 6.37. The zero-order chi connectivity index (χ0) is 17.0. The van der Waals surface area contributed by atoms with Crippen molar-refractivity contribution in [1.82, 2.24) is 0 Å². The monoisotopic (exact) mass is 377 g/mol. The predicted octanol–water partition coefficient (Wildman–Crippen LogP) is 3.78. The third kappa shape index (κ3) is 4.56. The normalized spacial score (nSPS) is 10.2. The fraction of sp³-hybridized carbons (Fsp3) is 0.176. The van der Waals surface area contributed by atoms with Crippen LogP contribution in [0.3, 0.4) is 0 Å². The molecule has 2 N–H and O–H groups in total. The summed E-state index contributed by atoms with van der Waals surface area (Å²) in [4.78, 5) is 22.7. The number of halogens is 1. The van der Waals surface area contributed by atoms with E-state index in [0.717, 1.165) is 15.6 Å². The lowest BCUT2D eigenvalue weighted by Crippen LogP contribution is -2.20. The Morgan fingerprint density at radius 1 is 1.17 bits per heavy atom. The van der Waals surface area contributed by atoms with Crippen molar-refractivity contribution in [1.29, 1.82) is 0 Å². The van der Waals surface area contributed by atoms with Crippen LogP contribution in [0.15, 0.2) is 40.9 Å². The number of hydrogen-bond acceptors (Lipinski definition) is 3. The van der Waals surface area contributed by atoms with Gasteiger partial charge in [0.2, 0.25) is 0 Å². The van der Waals surface area contributed by atoms with Crippen molar-refractivity contribution >= 4 is 33.5 Å². The van der Waals surface area contributed by atoms with Crippen molar-refractivity contribution < 1.29 is 19.4 Å². The van der Waals surface area contributed by atoms with E-state index in [9.17, 15) is 9.59 Å². The van der Waals surface area contributed by atoms with Gasteiger partial charge in [0.1, 0.15) is 5.75 Å². The summed E-state index contributed by atoms with van der Waals surface area (Å²) in [6.45, 7) is 3.76. The molecule has 120 valence electrons. The minimum Gasteiger partial charge on any atom is -0.482 e. The van der Waals surface area contributed by atoms with Gasteiger partial charge in [-0.3, -0.25) is 4.79 Å². The standard InChI is InChI=1S/C17H16BrNO4/c1-10-7-11(2)16(14(18)8-10)23-9-15(20)19-13-5-3-12(4-6-13)17(21)22/h3-8H,9H2,1-2H3,(H,19,20)(H,21,22). The first-order valence-corrected chi connectivity index (χ1v) is 7.69. The molecule has 0 spiro atoms. The van der Waals surface area contributed by atoms with Crippen LogP contribution in [0.2, 0.25) is 0 Å². The number of aryl methyl sites for hydroxylation is 2. The first-order valence-electron chi connectivity index (χ1n) is 6.89. The number of benzene rings is 2. The van der Waals surface area contributed by atoms with Crippen LogP contribution in [0.5, 0.6) is 5.75 Å². The van der Waals surface area contributed by atoms with E-state index in [1.807, 2.05) is 26.0 Å². The van der Waals surface area contributed by atoms with Crippen molar-refractivity contribution in [3.63, 3.8) is 0 Å². The van der Waals surface area contributed by atoms with E-state index in [0.29, 0.717) is 11.4 Å². The molecule has 0 bridgehead atoms. The highest BCUT2D eigenvalue weighted by Crippen LogP contribution is 2.30. The van der Waals surface area contributed by atoms with E-state index in [4.69, 9.17) is 9.84 Å². The van der Waals surface area contributed by atoms with Gasteiger partial charge < -0.3 is 15.2 Å². The molecule has 0 heterocycles. The Morgan fingerprint density at radius 2 is 1.83 bits per heavy atom. The van der Waals surface area contributed by atoms with Crippen LogP contribution in [0.25, 0.3) is 0 Å². The summed E-state index contributed by atoms with van der Waals surface area (Å²) in [5.74, 6) is -0.696. The van der Waals surface area contributed by atoms with Gasteiger partial charge in [-0.15, -0.1) is 0 Å². The molecule has 2 aromatic rings. The van der Waals surface area contributed by atoms with Gasteiger partial charge >= 0.3 is 5.97 Å². The second-order valence-electron chi connectivity index (χ2n) is 5.11. The molecule has 0 aliphatic rings. The molecule has 0 unspecified atom stereocenters. The summed E-state index contributed by atoms with van der Waals surface area (Å²) in [6.07, 6.45) is 0. The molecule has 0 saturated heterocycles. The molecular formula is C17H16BrNO4. The number of amides is 1. The largest absolute Gasteiger partial charge is 0.482 e. The number of aromatic carboxylic acids is 1. The number of hydrogen-bond donors (Lipinski definition) is 2. The van der Waals surface area contributed by atoms with Crippen LogP contribution >= 0.6 is 15.9 Å². The first-order chi connectivity index (χ1) is 10.9. The van der Waals surface area contributed by atoms with Gasteiger partial charge in [-0.05, 0) is 71.2 Å². The van der Waals surface area contributed by atoms with Crippen molar-refractivity contribution in [2.24, 2.45) is 0 Å². The maximum atomic E-state index is 11.9. The van der Waals surface area contributed by atoms with Gasteiger partial charge in [-0.2, -0.15) is 0 Å². The highest BCUT2D eigenvalue weighted by atomic mass is 79.9. The maximum Gasteiger partial charge on any atom is 0.335 e. The molecule has 5 nitrogen and oxygen atoms in total. The Bertz CT molecular complexity index is 718. The summed E-state index contributed by atoms with van der Waals surface area (Å²) >= 11 is 3.42. The van der Waals surface area contributed by atoms with Crippen LogP contribution in [0.1, 0.15) is 21.5 Å². The van der Waals surface area contributed by atoms with Crippen LogP contribution in [0.4, 0.5) is 5.69 Å². The molecule has 0 aliphatic carbocycles. The zero-order valence-corrected chi connectivity index (χ0v) is 14.3. The molecule has 2 rings (SSSR count). The zero-order valence-electron chi connectivity index (χ0n) is 12.7. The fourth-order valence-corrected chi connectivity index (χ4v) is 2.90. The van der Waals surface area contributed by atoms with Gasteiger partial charge in [0.15, 0.2) is 6.61 Å². The van der Waals surface area contributed by atoms with E-state index < -0.39 is 5.97 Å². The molecule has 0 aromatic heterocycles. The van der Waals surface area contributed by atoms with Crippen LogP contribution in [-0.2, 0) is 4.79 Å². The van der Waals surface area contributed by atoms with Crippen LogP contribution < -0.4 is 10.1 Å². The van der Waals surface area contributed by atoms with E-state index in [-0.39, 0.29) is 18.1 Å². The number of carbonyl (C=O) groups excluding carboxylic acids is 1. The van der Waals surface area contributed by atoms with Gasteiger partial charge in [-0.1, -0.05) is 6.07 Å². The van der Waals surface area contributed by atoms with E-state index in [1.165, 1.54) is 24.3 Å². The molecule has 0 aliphatic heterocycles. The summed E-state index contributed by atoms with van der Waals surface area (Å²) in [6, 6.07) is 9.83. The number of ether oxygens (including phenoxy) is 1. The Labute approximate surface area is 142 Å². The van der Waals surface area contributed by atoms with Crippen LogP contribution in [0, 0.1) is 13.8 Å². The van der Waals surface area contributed by atoms with Crippen molar-refractivity contribution in [2.75, 3.05) is 11.9 Å². The second-order valence-corrected chi connectivity index (χ2v) is 5.97. The number of rotatable bonds is 5. The Balaban J connectivity index is 1.96. The van der Waals surface area contributed by atoms with Gasteiger partial charge in [0.05, 0.1) is 10.0 Å². The molecule has 0 radical (unpaired) electrons. The number of nitrogens with one attached hydrogen (secondary N) is 1. The SMILES string of the molecule is Cc1cc(C)c(OCC(=O)Nc2ccc(C(=O)O)cc2)c(Br)c1. The smallest absolute Gasteiger partial charge is 0.335 e. The molecule has 0 atom stereocenters. The van der Waals surface area contributed by atoms with E-state index in [2.05, 4.69) is 21.2 Å². The quantitative estimate of drug-likeness (QED) is 0.830. The molecule has 0 fully saturated rings. The van der Waals surface area contributed by atoms with E-state index in [1.54, 1.807) is 0 Å². The van der Waals surface area contributed by atoms with Crippen LogP contribution in [-0.4, -0.2) is 23.6 Å². The molecule has 0 saturated carbocycles. The highest BCUT2D eigenvalue weighted by Gasteiger charge is 2.10. The molecular weight excluding hydrogens is 362 g/mol. The molecule has 6 heteroatoms. The minimum absolute atomic E-state index is 0.136. The predicted molar refractivity (Wildman–Crippen MR) is 91.1 cm³/mol. The number of carboxylic acid groups (broad SMARTS) is 1. The first kappa shape index (κ1) is 17.0. The number of carboxylic acids is 1. The summed E-state index contributed by atoms with van der Waals surface area (Å²) in [7, 11) is 0. The molecule has 1 amide bonds. The van der Waals surface area contributed by atoms with Crippen molar-refractivity contribution in [3.8, 4) is 5.75 Å². The topological polar surface area (TPSA) is 75.6 Å². The lowest BCUT2D eigenvalue weighted by atomic mass is 10.1. The Hall–Kier alpha value is -2.34. The van der Waals surface area contributed by atoms with Gasteiger partial charge in [0, 0.05) is 5.69 Å².